The van der Waals surface area contributed by atoms with Crippen LogP contribution in [0.4, 0.5) is 0 Å². The lowest BCUT2D eigenvalue weighted by Gasteiger charge is -2.12. The molecule has 26 heavy (non-hydrogen) atoms. The highest BCUT2D eigenvalue weighted by Gasteiger charge is 2.22. The van der Waals surface area contributed by atoms with E-state index in [9.17, 15) is 0 Å². The fourth-order valence-electron chi connectivity index (χ4n) is 3.13. The zero-order valence-electron chi connectivity index (χ0n) is 15.5. The second-order valence-corrected chi connectivity index (χ2v) is 6.94. The maximum Gasteiger partial charge on any atom is 0.178 e. The monoisotopic (exact) mass is 353 g/mol. The predicted molar refractivity (Wildman–Crippen MR) is 98.3 cm³/mol. The first-order chi connectivity index (χ1) is 12.5. The van der Waals surface area contributed by atoms with Crippen LogP contribution in [0.25, 0.3) is 22.9 Å². The summed E-state index contributed by atoms with van der Waals surface area (Å²) in [5.41, 5.74) is 1.78. The van der Waals surface area contributed by atoms with E-state index in [1.165, 1.54) is 0 Å². The van der Waals surface area contributed by atoms with Crippen molar-refractivity contribution in [2.45, 2.75) is 46.4 Å². The number of imidazole rings is 1. The van der Waals surface area contributed by atoms with Gasteiger partial charge < -0.3 is 14.0 Å². The van der Waals surface area contributed by atoms with E-state index in [-0.39, 0.29) is 12.1 Å². The van der Waals surface area contributed by atoms with Gasteiger partial charge in [0.2, 0.25) is 0 Å². The molecule has 0 unspecified atom stereocenters. The van der Waals surface area contributed by atoms with E-state index < -0.39 is 0 Å². The lowest BCUT2D eigenvalue weighted by atomic mass is 10.2. The van der Waals surface area contributed by atoms with Gasteiger partial charge in [-0.1, -0.05) is 0 Å². The van der Waals surface area contributed by atoms with E-state index in [2.05, 4.69) is 28.5 Å². The van der Waals surface area contributed by atoms with Crippen molar-refractivity contribution in [2.75, 3.05) is 6.61 Å². The van der Waals surface area contributed by atoms with E-state index in [0.717, 1.165) is 40.9 Å². The molecule has 0 aliphatic carbocycles. The lowest BCUT2D eigenvalue weighted by Crippen LogP contribution is -2.06. The maximum absolute atomic E-state index is 5.93. The summed E-state index contributed by atoms with van der Waals surface area (Å²) in [6, 6.07) is 6.13. The SMILES string of the molecule is CC(C)Oc1ccc2c(c1)OCCn1cc(-c3ncnn3C(C)C)nc1-2. The highest BCUT2D eigenvalue weighted by atomic mass is 16.5. The first-order valence-corrected chi connectivity index (χ1v) is 8.94. The van der Waals surface area contributed by atoms with Crippen LogP contribution in [0, 0.1) is 0 Å². The number of nitrogens with zero attached hydrogens (tertiary/aromatic N) is 5. The van der Waals surface area contributed by atoms with Crippen LogP contribution in [0.1, 0.15) is 33.7 Å². The quantitative estimate of drug-likeness (QED) is 0.717. The molecule has 7 nitrogen and oxygen atoms in total. The Morgan fingerprint density at radius 3 is 2.77 bits per heavy atom. The van der Waals surface area contributed by atoms with Gasteiger partial charge in [-0.25, -0.2) is 14.6 Å². The Kier molecular flexibility index (Phi) is 4.14. The normalized spacial score (nSPS) is 13.3. The molecule has 3 heterocycles. The first-order valence-electron chi connectivity index (χ1n) is 8.94. The molecule has 0 saturated heterocycles. The largest absolute Gasteiger partial charge is 0.491 e. The van der Waals surface area contributed by atoms with Gasteiger partial charge in [-0.2, -0.15) is 5.10 Å². The summed E-state index contributed by atoms with van der Waals surface area (Å²) >= 11 is 0. The third-order valence-corrected chi connectivity index (χ3v) is 4.22. The van der Waals surface area contributed by atoms with Crippen molar-refractivity contribution in [3.8, 4) is 34.4 Å². The number of ether oxygens (including phenoxy) is 2. The van der Waals surface area contributed by atoms with Gasteiger partial charge in [0, 0.05) is 18.3 Å². The number of hydrogen-bond donors (Lipinski definition) is 0. The second-order valence-electron chi connectivity index (χ2n) is 6.94. The summed E-state index contributed by atoms with van der Waals surface area (Å²) in [7, 11) is 0. The Morgan fingerprint density at radius 2 is 2.00 bits per heavy atom. The Labute approximate surface area is 152 Å². The Balaban J connectivity index is 1.77. The van der Waals surface area contributed by atoms with Gasteiger partial charge in [-0.15, -0.1) is 0 Å². The Bertz CT molecular complexity index is 926. The molecule has 0 saturated carbocycles. The Morgan fingerprint density at radius 1 is 1.15 bits per heavy atom. The molecule has 0 fully saturated rings. The molecule has 0 amide bonds. The summed E-state index contributed by atoms with van der Waals surface area (Å²) < 4.78 is 15.7. The summed E-state index contributed by atoms with van der Waals surface area (Å²) in [5, 5.41) is 4.32. The van der Waals surface area contributed by atoms with E-state index in [4.69, 9.17) is 14.5 Å². The van der Waals surface area contributed by atoms with Crippen molar-refractivity contribution in [1.82, 2.24) is 24.3 Å². The molecule has 4 rings (SSSR count). The van der Waals surface area contributed by atoms with Crippen LogP contribution in [-0.4, -0.2) is 37.0 Å². The third-order valence-electron chi connectivity index (χ3n) is 4.22. The van der Waals surface area contributed by atoms with Crippen molar-refractivity contribution in [3.05, 3.63) is 30.7 Å². The summed E-state index contributed by atoms with van der Waals surface area (Å²) in [5.74, 6) is 3.26. The average Bonchev–Trinajstić information content (AvgIpc) is 3.18. The molecular formula is C19H23N5O2. The van der Waals surface area contributed by atoms with Gasteiger partial charge in [0.05, 0.1) is 18.2 Å². The van der Waals surface area contributed by atoms with E-state index in [1.54, 1.807) is 6.33 Å². The van der Waals surface area contributed by atoms with Crippen LogP contribution in [0.3, 0.4) is 0 Å². The molecule has 1 aliphatic heterocycles. The van der Waals surface area contributed by atoms with Crippen molar-refractivity contribution in [2.24, 2.45) is 0 Å². The molecule has 1 aliphatic rings. The van der Waals surface area contributed by atoms with Crippen molar-refractivity contribution in [1.29, 1.82) is 0 Å². The minimum atomic E-state index is 0.120. The third kappa shape index (κ3) is 2.94. The lowest BCUT2D eigenvalue weighted by molar-refractivity contribution is 0.240. The molecule has 2 aromatic heterocycles. The number of rotatable bonds is 4. The zero-order valence-corrected chi connectivity index (χ0v) is 15.5. The molecule has 0 radical (unpaired) electrons. The molecule has 136 valence electrons. The fraction of sp³-hybridized carbons (Fsp3) is 0.421. The minimum Gasteiger partial charge on any atom is -0.491 e. The van der Waals surface area contributed by atoms with E-state index in [0.29, 0.717) is 6.61 Å². The molecule has 0 spiro atoms. The minimum absolute atomic E-state index is 0.120. The van der Waals surface area contributed by atoms with Crippen LogP contribution in [0.5, 0.6) is 11.5 Å². The van der Waals surface area contributed by atoms with Gasteiger partial charge in [0.25, 0.3) is 0 Å². The summed E-state index contributed by atoms with van der Waals surface area (Å²) in [4.78, 5) is 9.25. The molecule has 0 bridgehead atoms. The molecule has 7 heteroatoms. The highest BCUT2D eigenvalue weighted by molar-refractivity contribution is 5.69. The smallest absolute Gasteiger partial charge is 0.178 e. The van der Waals surface area contributed by atoms with E-state index >= 15 is 0 Å². The standard InChI is InChI=1S/C19H23N5O2/c1-12(2)24-19(20-11-21-24)16-10-23-7-8-25-17-9-14(26-13(3)4)5-6-15(17)18(23)22-16/h5-6,9-13H,7-8H2,1-4H3. The van der Waals surface area contributed by atoms with Crippen LogP contribution < -0.4 is 9.47 Å². The van der Waals surface area contributed by atoms with Crippen LogP contribution in [-0.2, 0) is 6.54 Å². The highest BCUT2D eigenvalue weighted by Crippen LogP contribution is 2.36. The molecule has 1 aromatic carbocycles. The molecule has 0 atom stereocenters. The van der Waals surface area contributed by atoms with Gasteiger partial charge in [-0.3, -0.25) is 0 Å². The van der Waals surface area contributed by atoms with Crippen LogP contribution in [0.2, 0.25) is 0 Å². The number of benzene rings is 1. The van der Waals surface area contributed by atoms with Gasteiger partial charge in [0.15, 0.2) is 5.82 Å². The van der Waals surface area contributed by atoms with Crippen LogP contribution >= 0.6 is 0 Å². The van der Waals surface area contributed by atoms with Crippen molar-refractivity contribution < 1.29 is 9.47 Å². The van der Waals surface area contributed by atoms with Gasteiger partial charge >= 0.3 is 0 Å². The molecular weight excluding hydrogens is 330 g/mol. The molecule has 3 aromatic rings. The van der Waals surface area contributed by atoms with Gasteiger partial charge in [0.1, 0.15) is 36.0 Å². The van der Waals surface area contributed by atoms with E-state index in [1.807, 2.05) is 42.9 Å². The number of fused-ring (bicyclic) bond motifs is 3. The number of aromatic nitrogens is 5. The van der Waals surface area contributed by atoms with Crippen molar-refractivity contribution in [3.63, 3.8) is 0 Å². The topological polar surface area (TPSA) is 67.0 Å². The summed E-state index contributed by atoms with van der Waals surface area (Å²) in [6.07, 6.45) is 3.72. The predicted octanol–water partition coefficient (Wildman–Crippen LogP) is 3.57. The fourth-order valence-corrected chi connectivity index (χ4v) is 3.13. The zero-order chi connectivity index (χ0) is 18.3. The average molecular weight is 353 g/mol. The van der Waals surface area contributed by atoms with Crippen molar-refractivity contribution >= 4 is 0 Å². The van der Waals surface area contributed by atoms with Gasteiger partial charge in [-0.05, 0) is 39.8 Å². The maximum atomic E-state index is 5.93. The summed E-state index contributed by atoms with van der Waals surface area (Å²) in [6.45, 7) is 9.50. The Hall–Kier alpha value is -2.83. The first kappa shape index (κ1) is 16.6. The second kappa shape index (κ2) is 6.48. The molecule has 0 N–H and O–H groups in total. The number of hydrogen-bond acceptors (Lipinski definition) is 5. The van der Waals surface area contributed by atoms with Crippen LogP contribution in [0.15, 0.2) is 30.7 Å².